The maximum atomic E-state index is 12.3. The minimum Gasteiger partial charge on any atom is -0.394 e. The summed E-state index contributed by atoms with van der Waals surface area (Å²) in [6.07, 6.45) is 40.0. The Bertz CT molecular complexity index is 550. The Morgan fingerprint density at radius 2 is 0.902 bits per heavy atom. The smallest absolute Gasteiger partial charge is 0.220 e. The van der Waals surface area contributed by atoms with E-state index in [-0.39, 0.29) is 12.5 Å². The first-order valence-electron chi connectivity index (χ1n) is 18.4. The predicted octanol–water partition coefficient (Wildman–Crippen LogP) is 10.7. The van der Waals surface area contributed by atoms with Gasteiger partial charge in [-0.15, -0.1) is 0 Å². The highest BCUT2D eigenvalue weighted by atomic mass is 16.3. The monoisotopic (exact) mass is 580 g/mol. The standard InChI is InChI=1S/C37H73NO3/c1-3-5-7-9-11-13-15-17-18-19-21-23-25-27-29-31-33-37(41)38-35(34-39)36(40)32-30-28-26-24-22-20-16-14-12-10-8-6-4-2/h30,32,35-36,39-40H,3-29,31,33-34H2,1-2H3,(H,38,41)/b32-30+/t35?,36-/m1/s1. The molecule has 41 heavy (non-hydrogen) atoms. The molecule has 4 nitrogen and oxygen atoms in total. The number of hydrogen-bond acceptors (Lipinski definition) is 3. The molecule has 3 N–H and O–H groups in total. The van der Waals surface area contributed by atoms with Crippen molar-refractivity contribution in [3.05, 3.63) is 12.2 Å². The lowest BCUT2D eigenvalue weighted by molar-refractivity contribution is -0.123. The van der Waals surface area contributed by atoms with Gasteiger partial charge in [-0.3, -0.25) is 4.79 Å². The molecule has 1 amide bonds. The molecule has 0 aromatic rings. The van der Waals surface area contributed by atoms with Crippen molar-refractivity contribution in [3.63, 3.8) is 0 Å². The van der Waals surface area contributed by atoms with Gasteiger partial charge in [0.05, 0.1) is 18.8 Å². The van der Waals surface area contributed by atoms with Gasteiger partial charge in [0.25, 0.3) is 0 Å². The molecular formula is C37H73NO3. The van der Waals surface area contributed by atoms with Gasteiger partial charge in [-0.2, -0.15) is 0 Å². The minimum atomic E-state index is -0.831. The maximum Gasteiger partial charge on any atom is 0.220 e. The second-order valence-electron chi connectivity index (χ2n) is 12.7. The summed E-state index contributed by atoms with van der Waals surface area (Å²) in [5.41, 5.74) is 0. The van der Waals surface area contributed by atoms with Crippen molar-refractivity contribution >= 4 is 5.91 Å². The third-order valence-corrected chi connectivity index (χ3v) is 8.52. The van der Waals surface area contributed by atoms with E-state index in [1.807, 2.05) is 6.08 Å². The van der Waals surface area contributed by atoms with Crippen LogP contribution in [0.2, 0.25) is 0 Å². The number of aliphatic hydroxyl groups excluding tert-OH is 2. The minimum absolute atomic E-state index is 0.0628. The van der Waals surface area contributed by atoms with Gasteiger partial charge in [0.1, 0.15) is 0 Å². The maximum absolute atomic E-state index is 12.3. The molecule has 0 aliphatic heterocycles. The number of hydrogen-bond donors (Lipinski definition) is 3. The van der Waals surface area contributed by atoms with E-state index in [0.29, 0.717) is 6.42 Å². The Labute approximate surface area is 256 Å². The van der Waals surface area contributed by atoms with Crippen LogP contribution in [0.1, 0.15) is 200 Å². The molecule has 0 rings (SSSR count). The largest absolute Gasteiger partial charge is 0.394 e. The second-order valence-corrected chi connectivity index (χ2v) is 12.7. The van der Waals surface area contributed by atoms with Crippen LogP contribution < -0.4 is 5.32 Å². The predicted molar refractivity (Wildman–Crippen MR) is 179 cm³/mol. The van der Waals surface area contributed by atoms with Crippen LogP contribution >= 0.6 is 0 Å². The summed E-state index contributed by atoms with van der Waals surface area (Å²) >= 11 is 0. The van der Waals surface area contributed by atoms with Crippen LogP contribution in [0, 0.1) is 0 Å². The van der Waals surface area contributed by atoms with Crippen LogP contribution in [0.5, 0.6) is 0 Å². The number of unbranched alkanes of at least 4 members (excludes halogenated alkanes) is 26. The molecule has 2 atom stereocenters. The second kappa shape index (κ2) is 33.6. The molecule has 0 aliphatic carbocycles. The Morgan fingerprint density at radius 3 is 1.27 bits per heavy atom. The van der Waals surface area contributed by atoms with Gasteiger partial charge in [-0.25, -0.2) is 0 Å². The summed E-state index contributed by atoms with van der Waals surface area (Å²) in [4.78, 5) is 12.3. The summed E-state index contributed by atoms with van der Waals surface area (Å²) in [6, 6.07) is -0.614. The Balaban J connectivity index is 3.58. The van der Waals surface area contributed by atoms with Gasteiger partial charge in [0.2, 0.25) is 5.91 Å². The van der Waals surface area contributed by atoms with E-state index in [1.54, 1.807) is 6.08 Å². The number of allylic oxidation sites excluding steroid dienone is 1. The van der Waals surface area contributed by atoms with E-state index < -0.39 is 12.1 Å². The lowest BCUT2D eigenvalue weighted by Gasteiger charge is -2.20. The normalized spacial score (nSPS) is 13.2. The van der Waals surface area contributed by atoms with Crippen LogP contribution in [-0.4, -0.2) is 34.9 Å². The highest BCUT2D eigenvalue weighted by molar-refractivity contribution is 5.76. The van der Waals surface area contributed by atoms with Gasteiger partial charge in [-0.05, 0) is 19.3 Å². The summed E-state index contributed by atoms with van der Waals surface area (Å²) in [5, 5.41) is 22.9. The highest BCUT2D eigenvalue weighted by Gasteiger charge is 2.17. The molecule has 0 bridgehead atoms. The van der Waals surface area contributed by atoms with Crippen molar-refractivity contribution in [2.75, 3.05) is 6.61 Å². The van der Waals surface area contributed by atoms with E-state index in [1.165, 1.54) is 154 Å². The van der Waals surface area contributed by atoms with Crippen molar-refractivity contribution < 1.29 is 15.0 Å². The fourth-order valence-electron chi connectivity index (χ4n) is 5.65. The topological polar surface area (TPSA) is 69.6 Å². The first-order valence-corrected chi connectivity index (χ1v) is 18.4. The van der Waals surface area contributed by atoms with Crippen molar-refractivity contribution in [3.8, 4) is 0 Å². The first-order chi connectivity index (χ1) is 20.2. The van der Waals surface area contributed by atoms with Crippen LogP contribution in [0.3, 0.4) is 0 Å². The molecule has 0 heterocycles. The third-order valence-electron chi connectivity index (χ3n) is 8.52. The molecule has 0 saturated carbocycles. The van der Waals surface area contributed by atoms with Crippen molar-refractivity contribution in [2.24, 2.45) is 0 Å². The number of amides is 1. The number of rotatable bonds is 33. The lowest BCUT2D eigenvalue weighted by Crippen LogP contribution is -2.45. The van der Waals surface area contributed by atoms with Gasteiger partial charge in [0, 0.05) is 6.42 Å². The van der Waals surface area contributed by atoms with Crippen LogP contribution in [0.4, 0.5) is 0 Å². The molecule has 1 unspecified atom stereocenters. The molecule has 0 fully saturated rings. The molecule has 4 heteroatoms. The highest BCUT2D eigenvalue weighted by Crippen LogP contribution is 2.15. The molecule has 0 aliphatic rings. The van der Waals surface area contributed by atoms with Crippen LogP contribution in [-0.2, 0) is 4.79 Å². The first kappa shape index (κ1) is 40.1. The van der Waals surface area contributed by atoms with Gasteiger partial charge in [-0.1, -0.05) is 187 Å². The average molecular weight is 580 g/mol. The van der Waals surface area contributed by atoms with Crippen molar-refractivity contribution in [1.82, 2.24) is 5.32 Å². The summed E-state index contributed by atoms with van der Waals surface area (Å²) in [7, 11) is 0. The quantitative estimate of drug-likeness (QED) is 0.0535. The van der Waals surface area contributed by atoms with Crippen molar-refractivity contribution in [2.45, 2.75) is 212 Å². The lowest BCUT2D eigenvalue weighted by atomic mass is 10.0. The zero-order valence-electron chi connectivity index (χ0n) is 27.8. The van der Waals surface area contributed by atoms with E-state index >= 15 is 0 Å². The molecule has 0 spiro atoms. The van der Waals surface area contributed by atoms with Crippen molar-refractivity contribution in [1.29, 1.82) is 0 Å². The third kappa shape index (κ3) is 30.4. The molecule has 0 aromatic heterocycles. The number of carbonyl (C=O) groups excluding carboxylic acids is 1. The van der Waals surface area contributed by atoms with Crippen LogP contribution in [0.25, 0.3) is 0 Å². The van der Waals surface area contributed by atoms with Crippen LogP contribution in [0.15, 0.2) is 12.2 Å². The summed E-state index contributed by atoms with van der Waals surface area (Å²) in [6.45, 7) is 4.30. The van der Waals surface area contributed by atoms with Gasteiger partial charge in [0.15, 0.2) is 0 Å². The van der Waals surface area contributed by atoms with E-state index in [2.05, 4.69) is 19.2 Å². The molecule has 0 saturated heterocycles. The zero-order valence-corrected chi connectivity index (χ0v) is 27.8. The Morgan fingerprint density at radius 1 is 0.561 bits per heavy atom. The van der Waals surface area contributed by atoms with E-state index in [9.17, 15) is 15.0 Å². The van der Waals surface area contributed by atoms with Gasteiger partial charge < -0.3 is 15.5 Å². The number of aliphatic hydroxyl groups is 2. The summed E-state index contributed by atoms with van der Waals surface area (Å²) in [5.74, 6) is -0.0628. The Hall–Kier alpha value is -0.870. The number of carbonyl (C=O) groups is 1. The van der Waals surface area contributed by atoms with E-state index in [4.69, 9.17) is 0 Å². The SMILES string of the molecule is CCCCCCCCCCCCC/C=C/[C@@H](O)C(CO)NC(=O)CCCCCCCCCCCCCCCCCC. The molecular weight excluding hydrogens is 506 g/mol. The zero-order chi connectivity index (χ0) is 30.1. The fraction of sp³-hybridized carbons (Fsp3) is 0.919. The molecule has 0 aromatic carbocycles. The summed E-state index contributed by atoms with van der Waals surface area (Å²) < 4.78 is 0. The molecule has 0 radical (unpaired) electrons. The Kier molecular flexibility index (Phi) is 32.9. The molecule has 244 valence electrons. The van der Waals surface area contributed by atoms with Gasteiger partial charge >= 0.3 is 0 Å². The average Bonchev–Trinajstić information content (AvgIpc) is 2.97. The number of nitrogens with one attached hydrogen (secondary N) is 1. The van der Waals surface area contributed by atoms with E-state index in [0.717, 1.165) is 25.7 Å². The fourth-order valence-corrected chi connectivity index (χ4v) is 5.65.